The molecule has 0 atom stereocenters. The Bertz CT molecular complexity index is 652. The minimum atomic E-state index is -0.160. The van der Waals surface area contributed by atoms with Crippen LogP contribution in [0.5, 0.6) is 0 Å². The Morgan fingerprint density at radius 2 is 2.04 bits per heavy atom. The molecule has 0 aliphatic heterocycles. The van der Waals surface area contributed by atoms with Gasteiger partial charge in [-0.15, -0.1) is 12.4 Å². The van der Waals surface area contributed by atoms with E-state index in [1.54, 1.807) is 29.4 Å². The number of nitrogens with one attached hydrogen (secondary N) is 1. The molecule has 1 saturated carbocycles. The summed E-state index contributed by atoms with van der Waals surface area (Å²) < 4.78 is 1.68. The third-order valence-electron chi connectivity index (χ3n) is 3.92. The largest absolute Gasteiger partial charge is 0.348 e. The molecule has 2 aromatic heterocycles. The molecule has 8 heteroatoms. The Morgan fingerprint density at radius 1 is 1.30 bits per heavy atom. The zero-order valence-electron chi connectivity index (χ0n) is 13.0. The van der Waals surface area contributed by atoms with Crippen molar-refractivity contribution in [2.24, 2.45) is 5.73 Å². The molecule has 2 heterocycles. The normalized spacial score (nSPS) is 20.6. The quantitative estimate of drug-likeness (QED) is 0.882. The summed E-state index contributed by atoms with van der Waals surface area (Å²) in [6.45, 7) is 1.85. The van der Waals surface area contributed by atoms with E-state index in [1.165, 1.54) is 0 Å². The molecule has 1 amide bonds. The fraction of sp³-hybridized carbons (Fsp3) is 0.467. The summed E-state index contributed by atoms with van der Waals surface area (Å²) in [4.78, 5) is 25.0. The van der Waals surface area contributed by atoms with Crippen LogP contribution in [0.4, 0.5) is 0 Å². The van der Waals surface area contributed by atoms with E-state index >= 15 is 0 Å². The summed E-state index contributed by atoms with van der Waals surface area (Å²) in [5.41, 5.74) is 7.02. The number of hydrogen-bond donors (Lipinski definition) is 2. The van der Waals surface area contributed by atoms with Gasteiger partial charge < -0.3 is 11.1 Å². The summed E-state index contributed by atoms with van der Waals surface area (Å²) in [6, 6.07) is 2.14. The van der Waals surface area contributed by atoms with E-state index in [1.807, 2.05) is 6.92 Å². The van der Waals surface area contributed by atoms with Crippen molar-refractivity contribution in [3.8, 4) is 5.95 Å². The molecular weight excluding hydrogens is 316 g/mol. The van der Waals surface area contributed by atoms with E-state index < -0.39 is 0 Å². The average Bonchev–Trinajstić information content (AvgIpc) is 3.03. The smallest absolute Gasteiger partial charge is 0.270 e. The minimum absolute atomic E-state index is 0. The summed E-state index contributed by atoms with van der Waals surface area (Å²) >= 11 is 0. The number of aryl methyl sites for hydroxylation is 1. The monoisotopic (exact) mass is 336 g/mol. The Hall–Kier alpha value is -1.99. The van der Waals surface area contributed by atoms with Gasteiger partial charge in [0.1, 0.15) is 12.0 Å². The lowest BCUT2D eigenvalue weighted by atomic mass is 9.92. The molecule has 0 unspecified atom stereocenters. The Kier molecular flexibility index (Phi) is 5.68. The van der Waals surface area contributed by atoms with E-state index in [-0.39, 0.29) is 30.4 Å². The second kappa shape index (κ2) is 7.52. The first-order valence-corrected chi connectivity index (χ1v) is 7.52. The number of rotatable bonds is 3. The van der Waals surface area contributed by atoms with Gasteiger partial charge in [-0.1, -0.05) is 0 Å². The first-order valence-electron chi connectivity index (χ1n) is 7.52. The highest BCUT2D eigenvalue weighted by Crippen LogP contribution is 2.17. The molecule has 0 bridgehead atoms. The first-order chi connectivity index (χ1) is 10.6. The standard InChI is InChI=1S/C15H20N6O.ClH/c1-10-8-13(20-15(18-10)21-7-6-17-9-21)14(22)19-12-4-2-11(16)3-5-12;/h6-9,11-12H,2-5,16H2,1H3,(H,19,22);1H/t11-,12-;. The molecular formula is C15H21ClN6O. The van der Waals surface area contributed by atoms with E-state index in [0.717, 1.165) is 31.4 Å². The topological polar surface area (TPSA) is 98.7 Å². The highest BCUT2D eigenvalue weighted by atomic mass is 35.5. The number of carbonyl (C=O) groups excluding carboxylic acids is 1. The zero-order valence-corrected chi connectivity index (χ0v) is 13.8. The van der Waals surface area contributed by atoms with Gasteiger partial charge in [0, 0.05) is 30.2 Å². The predicted molar refractivity (Wildman–Crippen MR) is 88.8 cm³/mol. The number of imidazole rings is 1. The Balaban J connectivity index is 0.00000192. The van der Waals surface area contributed by atoms with Crippen LogP contribution in [0.1, 0.15) is 41.9 Å². The van der Waals surface area contributed by atoms with Crippen LogP contribution in [0, 0.1) is 6.92 Å². The number of aromatic nitrogens is 4. The maximum absolute atomic E-state index is 12.4. The lowest BCUT2D eigenvalue weighted by molar-refractivity contribution is 0.0920. The van der Waals surface area contributed by atoms with Crippen LogP contribution in [0.2, 0.25) is 0 Å². The molecule has 3 rings (SSSR count). The lowest BCUT2D eigenvalue weighted by Crippen LogP contribution is -2.40. The number of nitrogens with two attached hydrogens (primary N) is 1. The Labute approximate surface area is 141 Å². The van der Waals surface area contributed by atoms with Crippen LogP contribution in [0.25, 0.3) is 5.95 Å². The zero-order chi connectivity index (χ0) is 15.5. The third kappa shape index (κ3) is 4.27. The molecule has 7 nitrogen and oxygen atoms in total. The van der Waals surface area contributed by atoms with Crippen LogP contribution in [0.3, 0.4) is 0 Å². The van der Waals surface area contributed by atoms with E-state index in [0.29, 0.717) is 11.6 Å². The van der Waals surface area contributed by atoms with Crippen molar-refractivity contribution in [1.29, 1.82) is 0 Å². The van der Waals surface area contributed by atoms with Gasteiger partial charge in [0.05, 0.1) is 0 Å². The van der Waals surface area contributed by atoms with Gasteiger partial charge in [0.15, 0.2) is 0 Å². The number of nitrogens with zero attached hydrogens (tertiary/aromatic N) is 4. The molecule has 124 valence electrons. The first kappa shape index (κ1) is 17.4. The highest BCUT2D eigenvalue weighted by Gasteiger charge is 2.21. The maximum atomic E-state index is 12.4. The van der Waals surface area contributed by atoms with E-state index in [4.69, 9.17) is 5.73 Å². The maximum Gasteiger partial charge on any atom is 0.270 e. The second-order valence-electron chi connectivity index (χ2n) is 5.75. The van der Waals surface area contributed by atoms with Crippen LogP contribution >= 0.6 is 12.4 Å². The van der Waals surface area contributed by atoms with Crippen molar-refractivity contribution in [3.63, 3.8) is 0 Å². The molecule has 3 N–H and O–H groups in total. The number of amides is 1. The van der Waals surface area contributed by atoms with Gasteiger partial charge in [-0.3, -0.25) is 9.36 Å². The molecule has 1 aliphatic rings. The summed E-state index contributed by atoms with van der Waals surface area (Å²) in [5.74, 6) is 0.292. The number of carbonyl (C=O) groups is 1. The predicted octanol–water partition coefficient (Wildman–Crippen LogP) is 1.39. The molecule has 1 aliphatic carbocycles. The minimum Gasteiger partial charge on any atom is -0.348 e. The molecule has 0 radical (unpaired) electrons. The van der Waals surface area contributed by atoms with E-state index in [9.17, 15) is 4.79 Å². The number of hydrogen-bond acceptors (Lipinski definition) is 5. The second-order valence-corrected chi connectivity index (χ2v) is 5.75. The Morgan fingerprint density at radius 3 is 2.70 bits per heavy atom. The van der Waals surface area contributed by atoms with Crippen molar-refractivity contribution >= 4 is 18.3 Å². The average molecular weight is 337 g/mol. The van der Waals surface area contributed by atoms with Gasteiger partial charge in [-0.25, -0.2) is 15.0 Å². The van der Waals surface area contributed by atoms with Crippen LogP contribution in [0.15, 0.2) is 24.8 Å². The number of halogens is 1. The third-order valence-corrected chi connectivity index (χ3v) is 3.92. The van der Waals surface area contributed by atoms with Crippen molar-refractivity contribution in [1.82, 2.24) is 24.8 Å². The van der Waals surface area contributed by atoms with Gasteiger partial charge in [0.2, 0.25) is 5.95 Å². The summed E-state index contributed by atoms with van der Waals surface area (Å²) in [5, 5.41) is 3.05. The van der Waals surface area contributed by atoms with Crippen molar-refractivity contribution in [2.75, 3.05) is 0 Å². The molecule has 23 heavy (non-hydrogen) atoms. The van der Waals surface area contributed by atoms with Gasteiger partial charge in [0.25, 0.3) is 5.91 Å². The van der Waals surface area contributed by atoms with Crippen molar-refractivity contribution in [2.45, 2.75) is 44.7 Å². The van der Waals surface area contributed by atoms with Gasteiger partial charge in [-0.2, -0.15) is 0 Å². The van der Waals surface area contributed by atoms with Gasteiger partial charge in [-0.05, 0) is 38.7 Å². The molecule has 0 aromatic carbocycles. The lowest BCUT2D eigenvalue weighted by Gasteiger charge is -2.26. The molecule has 2 aromatic rings. The van der Waals surface area contributed by atoms with Gasteiger partial charge >= 0.3 is 0 Å². The van der Waals surface area contributed by atoms with Crippen molar-refractivity contribution in [3.05, 3.63) is 36.2 Å². The molecule has 0 saturated heterocycles. The highest BCUT2D eigenvalue weighted by molar-refractivity contribution is 5.92. The van der Waals surface area contributed by atoms with Crippen LogP contribution < -0.4 is 11.1 Å². The van der Waals surface area contributed by atoms with Crippen molar-refractivity contribution < 1.29 is 4.79 Å². The molecule has 1 fully saturated rings. The fourth-order valence-electron chi connectivity index (χ4n) is 2.68. The molecule has 0 spiro atoms. The SMILES string of the molecule is Cc1cc(C(=O)N[C@H]2CC[C@H](N)CC2)nc(-n2ccnc2)n1.Cl. The van der Waals surface area contributed by atoms with E-state index in [2.05, 4.69) is 20.3 Å². The summed E-state index contributed by atoms with van der Waals surface area (Å²) in [6.07, 6.45) is 8.76. The van der Waals surface area contributed by atoms with Crippen LogP contribution in [-0.4, -0.2) is 37.5 Å². The van der Waals surface area contributed by atoms with Crippen LogP contribution in [-0.2, 0) is 0 Å². The fourth-order valence-corrected chi connectivity index (χ4v) is 2.68. The summed E-state index contributed by atoms with van der Waals surface area (Å²) in [7, 11) is 0.